The summed E-state index contributed by atoms with van der Waals surface area (Å²) < 4.78 is 11.6. The molecule has 1 aliphatic heterocycles. The Bertz CT molecular complexity index is 2990. The first-order chi connectivity index (χ1) is 27.0. The standard InChI is InChI=1S/C50H41N4OS.Pt/c1-49(2,3)32-24-25-51-47(28-32)54-40-16-9-7-14-37(40)38-23-22-35(30-44(38)54)55-36-27-33(50(4,5)6)26-34(29-36)52-31-53(42-18-11-10-17-41(42)52)43-19-13-21-46-48(43)39-15-8-12-20-45(39)56-46;/h7-28,31H,1-6H3;/q-3;. The molecule has 0 fully saturated rings. The van der Waals surface area contributed by atoms with E-state index < -0.39 is 0 Å². The number of fused-ring (bicyclic) bond motifs is 7. The van der Waals surface area contributed by atoms with E-state index in [-0.39, 0.29) is 31.9 Å². The van der Waals surface area contributed by atoms with Crippen LogP contribution in [-0.2, 0) is 31.9 Å². The van der Waals surface area contributed by atoms with E-state index in [0.29, 0.717) is 11.5 Å². The normalized spacial score (nSPS) is 13.2. The summed E-state index contributed by atoms with van der Waals surface area (Å²) in [6.07, 6.45) is 1.91. The molecule has 1 aliphatic rings. The summed E-state index contributed by atoms with van der Waals surface area (Å²) >= 11 is 1.84. The summed E-state index contributed by atoms with van der Waals surface area (Å²) in [5, 5.41) is 4.78. The van der Waals surface area contributed by atoms with Crippen LogP contribution in [0.25, 0.3) is 47.8 Å². The predicted molar refractivity (Wildman–Crippen MR) is 235 cm³/mol. The molecule has 57 heavy (non-hydrogen) atoms. The minimum absolute atomic E-state index is 0. The Labute approximate surface area is 352 Å². The third-order valence-electron chi connectivity index (χ3n) is 10.8. The molecule has 7 heteroatoms. The zero-order valence-electron chi connectivity index (χ0n) is 32.7. The molecule has 0 bridgehead atoms. The van der Waals surface area contributed by atoms with E-state index in [0.717, 1.165) is 55.9 Å². The average Bonchev–Trinajstić information content (AvgIpc) is 3.87. The summed E-state index contributed by atoms with van der Waals surface area (Å²) in [6.45, 7) is 15.6. The monoisotopic (exact) mass is 940 g/mol. The Morgan fingerprint density at radius 2 is 1.28 bits per heavy atom. The van der Waals surface area contributed by atoms with E-state index in [1.807, 2.05) is 23.6 Å². The van der Waals surface area contributed by atoms with Crippen LogP contribution in [0.4, 0.5) is 22.7 Å². The van der Waals surface area contributed by atoms with Crippen molar-refractivity contribution in [1.82, 2.24) is 9.55 Å². The Morgan fingerprint density at radius 3 is 2.07 bits per heavy atom. The predicted octanol–water partition coefficient (Wildman–Crippen LogP) is 13.9. The molecule has 0 spiro atoms. The van der Waals surface area contributed by atoms with Gasteiger partial charge in [-0.15, -0.1) is 65.0 Å². The first kappa shape index (κ1) is 37.2. The van der Waals surface area contributed by atoms with Crippen LogP contribution < -0.4 is 14.5 Å². The van der Waals surface area contributed by atoms with Gasteiger partial charge in [-0.1, -0.05) is 102 Å². The van der Waals surface area contributed by atoms with E-state index in [1.165, 1.54) is 25.7 Å². The molecule has 0 N–H and O–H groups in total. The van der Waals surface area contributed by atoms with Crippen LogP contribution in [0.15, 0.2) is 134 Å². The maximum atomic E-state index is 6.78. The third-order valence-corrected chi connectivity index (χ3v) is 12.0. The van der Waals surface area contributed by atoms with Crippen molar-refractivity contribution in [3.05, 3.63) is 164 Å². The molecule has 0 unspecified atom stereocenters. The molecule has 3 aromatic heterocycles. The van der Waals surface area contributed by atoms with Crippen molar-refractivity contribution in [1.29, 1.82) is 0 Å². The van der Waals surface area contributed by atoms with Crippen molar-refractivity contribution in [2.24, 2.45) is 0 Å². The summed E-state index contributed by atoms with van der Waals surface area (Å²) in [5.74, 6) is 2.11. The van der Waals surface area contributed by atoms with E-state index in [2.05, 4.69) is 196 Å². The van der Waals surface area contributed by atoms with E-state index in [4.69, 9.17) is 9.72 Å². The Morgan fingerprint density at radius 1 is 0.596 bits per heavy atom. The fraction of sp³-hybridized carbons (Fsp3) is 0.160. The Hall–Kier alpha value is -5.42. The molecule has 9 aromatic rings. The maximum absolute atomic E-state index is 6.78. The van der Waals surface area contributed by atoms with Crippen molar-refractivity contribution in [3.8, 4) is 17.3 Å². The minimum Gasteiger partial charge on any atom is -0.509 e. The smallest absolute Gasteiger partial charge is 0.135 e. The molecule has 5 nitrogen and oxygen atoms in total. The third kappa shape index (κ3) is 6.40. The van der Waals surface area contributed by atoms with Gasteiger partial charge in [0.2, 0.25) is 0 Å². The fourth-order valence-electron chi connectivity index (χ4n) is 7.90. The molecular formula is C50H41N4OPtS-3. The van der Waals surface area contributed by atoms with Gasteiger partial charge in [-0.3, -0.25) is 0 Å². The second-order valence-electron chi connectivity index (χ2n) is 16.7. The number of aromatic nitrogens is 2. The molecule has 0 radical (unpaired) electrons. The first-order valence-corrected chi connectivity index (χ1v) is 19.9. The van der Waals surface area contributed by atoms with Crippen LogP contribution in [0, 0.1) is 18.8 Å². The van der Waals surface area contributed by atoms with Gasteiger partial charge in [-0.25, -0.2) is 4.98 Å². The van der Waals surface area contributed by atoms with Gasteiger partial charge in [0.1, 0.15) is 5.82 Å². The number of rotatable bonds is 5. The summed E-state index contributed by atoms with van der Waals surface area (Å²) in [4.78, 5) is 9.42. The number of ether oxygens (including phenoxy) is 1. The number of nitrogens with zero attached hydrogens (tertiary/aromatic N) is 4. The number of benzene rings is 6. The zero-order chi connectivity index (χ0) is 38.3. The number of anilines is 4. The topological polar surface area (TPSA) is 33.5 Å². The summed E-state index contributed by atoms with van der Waals surface area (Å²) in [7, 11) is 0. The molecule has 4 heterocycles. The van der Waals surface area contributed by atoms with Gasteiger partial charge in [0.25, 0.3) is 0 Å². The molecule has 0 amide bonds. The second-order valence-corrected chi connectivity index (χ2v) is 17.7. The molecule has 6 aromatic carbocycles. The van der Waals surface area contributed by atoms with Gasteiger partial charge in [0.05, 0.1) is 0 Å². The van der Waals surface area contributed by atoms with Crippen LogP contribution in [0.2, 0.25) is 0 Å². The quantitative estimate of drug-likeness (QED) is 0.161. The number of hydrogen-bond acceptors (Lipinski definition) is 5. The molecule has 0 saturated carbocycles. The minimum atomic E-state index is -0.147. The van der Waals surface area contributed by atoms with Gasteiger partial charge in [-0.05, 0) is 70.3 Å². The SMILES string of the molecule is CC(C)(C)c1cc(Oc2[c-]c3c(cc2)c2ccccc2n3-c2cc(C(C)(C)C)ccn2)[c-]c(N2[CH-]N(c3cccc4sc5ccccc5c34)c3ccccc32)c1.[Pt]. The van der Waals surface area contributed by atoms with Crippen LogP contribution in [0.1, 0.15) is 52.7 Å². The van der Waals surface area contributed by atoms with Gasteiger partial charge in [0, 0.05) is 81.5 Å². The van der Waals surface area contributed by atoms with Crippen LogP contribution >= 0.6 is 11.3 Å². The van der Waals surface area contributed by atoms with Gasteiger partial charge in [-0.2, -0.15) is 6.07 Å². The maximum Gasteiger partial charge on any atom is 0.135 e. The van der Waals surface area contributed by atoms with Crippen LogP contribution in [0.3, 0.4) is 0 Å². The van der Waals surface area contributed by atoms with E-state index >= 15 is 0 Å². The van der Waals surface area contributed by atoms with Crippen molar-refractivity contribution < 1.29 is 25.8 Å². The van der Waals surface area contributed by atoms with Crippen molar-refractivity contribution in [3.63, 3.8) is 0 Å². The number of pyridine rings is 1. The summed E-state index contributed by atoms with van der Waals surface area (Å²) in [6, 6.07) is 52.5. The van der Waals surface area contributed by atoms with E-state index in [1.54, 1.807) is 0 Å². The van der Waals surface area contributed by atoms with Crippen molar-refractivity contribution in [2.45, 2.75) is 52.4 Å². The second kappa shape index (κ2) is 13.9. The average molecular weight is 941 g/mol. The molecule has 10 rings (SSSR count). The summed E-state index contributed by atoms with van der Waals surface area (Å²) in [5.41, 5.74) is 8.46. The number of thiophene rings is 1. The van der Waals surface area contributed by atoms with Gasteiger partial charge in [0.15, 0.2) is 0 Å². The van der Waals surface area contributed by atoms with Gasteiger partial charge < -0.3 is 19.1 Å². The van der Waals surface area contributed by atoms with Crippen molar-refractivity contribution >= 4 is 76.1 Å². The zero-order valence-corrected chi connectivity index (χ0v) is 35.8. The largest absolute Gasteiger partial charge is 0.509 e. The molecule has 0 saturated heterocycles. The van der Waals surface area contributed by atoms with Crippen molar-refractivity contribution in [2.75, 3.05) is 9.80 Å². The first-order valence-electron chi connectivity index (χ1n) is 19.1. The van der Waals surface area contributed by atoms with E-state index in [9.17, 15) is 0 Å². The van der Waals surface area contributed by atoms with Gasteiger partial charge >= 0.3 is 0 Å². The fourth-order valence-corrected chi connectivity index (χ4v) is 9.02. The Balaban J connectivity index is 0.00000422. The molecule has 0 atom stereocenters. The molecule has 0 aliphatic carbocycles. The molecular weight excluding hydrogens is 900 g/mol. The molecule has 286 valence electrons. The number of hydrogen-bond donors (Lipinski definition) is 0. The Kier molecular flexibility index (Phi) is 9.06. The van der Waals surface area contributed by atoms with Crippen LogP contribution in [0.5, 0.6) is 11.5 Å². The van der Waals surface area contributed by atoms with Crippen LogP contribution in [-0.4, -0.2) is 9.55 Å². The number of para-hydroxylation sites is 3.